The normalized spacial score (nSPS) is 10.6. The molecule has 0 bridgehead atoms. The largest absolute Gasteiger partial charge is 0.315 e. The Hall–Kier alpha value is -0.680. The van der Waals surface area contributed by atoms with Crippen LogP contribution in [-0.2, 0) is 6.54 Å². The highest BCUT2D eigenvalue weighted by atomic mass is 79.9. The van der Waals surface area contributed by atoms with Crippen molar-refractivity contribution in [2.45, 2.75) is 26.8 Å². The van der Waals surface area contributed by atoms with Crippen LogP contribution in [0.1, 0.15) is 19.0 Å². The quantitative estimate of drug-likeness (QED) is 0.824. The molecule has 0 amide bonds. The van der Waals surface area contributed by atoms with E-state index in [2.05, 4.69) is 33.2 Å². The predicted octanol–water partition coefficient (Wildman–Crippen LogP) is 1.31. The summed E-state index contributed by atoms with van der Waals surface area (Å²) in [6.45, 7) is 6.36. The zero-order valence-electron chi connectivity index (χ0n) is 9.09. The number of rotatable bonds is 5. The second-order valence-corrected chi connectivity index (χ2v) is 4.19. The van der Waals surface area contributed by atoms with Crippen LogP contribution in [0.3, 0.4) is 0 Å². The van der Waals surface area contributed by atoms with E-state index in [1.165, 1.54) is 0 Å². The molecule has 0 saturated heterocycles. The SMILES string of the molecule is CCCNCCn1cnc(C)c(Br)c1=O. The van der Waals surface area contributed by atoms with Crippen molar-refractivity contribution < 1.29 is 0 Å². The van der Waals surface area contributed by atoms with Crippen molar-refractivity contribution in [2.24, 2.45) is 0 Å². The molecule has 1 rings (SSSR count). The first kappa shape index (κ1) is 12.4. The number of nitrogens with one attached hydrogen (secondary N) is 1. The summed E-state index contributed by atoms with van der Waals surface area (Å²) >= 11 is 3.24. The Kier molecular flexibility index (Phi) is 4.98. The fourth-order valence-corrected chi connectivity index (χ4v) is 1.54. The molecule has 15 heavy (non-hydrogen) atoms. The van der Waals surface area contributed by atoms with E-state index >= 15 is 0 Å². The van der Waals surface area contributed by atoms with E-state index in [4.69, 9.17) is 0 Å². The van der Waals surface area contributed by atoms with Crippen molar-refractivity contribution in [1.29, 1.82) is 0 Å². The van der Waals surface area contributed by atoms with Gasteiger partial charge < -0.3 is 5.32 Å². The Bertz CT molecular complexity index is 375. The summed E-state index contributed by atoms with van der Waals surface area (Å²) in [5.41, 5.74) is 0.721. The van der Waals surface area contributed by atoms with E-state index < -0.39 is 0 Å². The number of aryl methyl sites for hydroxylation is 1. The van der Waals surface area contributed by atoms with Gasteiger partial charge in [0, 0.05) is 13.1 Å². The Balaban J connectivity index is 2.63. The molecule has 0 atom stereocenters. The van der Waals surface area contributed by atoms with Crippen LogP contribution >= 0.6 is 15.9 Å². The van der Waals surface area contributed by atoms with E-state index in [1.54, 1.807) is 10.9 Å². The summed E-state index contributed by atoms with van der Waals surface area (Å²) in [5, 5.41) is 3.24. The number of nitrogens with zero attached hydrogens (tertiary/aromatic N) is 2. The van der Waals surface area contributed by atoms with Crippen LogP contribution in [0.5, 0.6) is 0 Å². The van der Waals surface area contributed by atoms with Gasteiger partial charge in [0.15, 0.2) is 0 Å². The Morgan fingerprint density at radius 2 is 2.27 bits per heavy atom. The summed E-state index contributed by atoms with van der Waals surface area (Å²) < 4.78 is 2.17. The van der Waals surface area contributed by atoms with Gasteiger partial charge in [-0.25, -0.2) is 4.98 Å². The average molecular weight is 274 g/mol. The molecule has 0 fully saturated rings. The highest BCUT2D eigenvalue weighted by molar-refractivity contribution is 9.10. The van der Waals surface area contributed by atoms with Gasteiger partial charge in [0.25, 0.3) is 5.56 Å². The van der Waals surface area contributed by atoms with E-state index in [1.807, 2.05) is 6.92 Å². The second kappa shape index (κ2) is 6.02. The van der Waals surface area contributed by atoms with Crippen LogP contribution in [0.4, 0.5) is 0 Å². The molecule has 0 spiro atoms. The summed E-state index contributed by atoms with van der Waals surface area (Å²) in [6.07, 6.45) is 2.70. The van der Waals surface area contributed by atoms with E-state index in [0.29, 0.717) is 11.0 Å². The molecule has 0 radical (unpaired) electrons. The lowest BCUT2D eigenvalue weighted by molar-refractivity contribution is 0.573. The third-order valence-electron chi connectivity index (χ3n) is 2.11. The summed E-state index contributed by atoms with van der Waals surface area (Å²) in [5.74, 6) is 0. The fraction of sp³-hybridized carbons (Fsp3) is 0.600. The van der Waals surface area contributed by atoms with Gasteiger partial charge in [-0.05, 0) is 35.8 Å². The molecule has 0 aliphatic carbocycles. The van der Waals surface area contributed by atoms with Crippen molar-refractivity contribution in [3.05, 3.63) is 26.8 Å². The maximum Gasteiger partial charge on any atom is 0.267 e. The lowest BCUT2D eigenvalue weighted by atomic mass is 10.4. The monoisotopic (exact) mass is 273 g/mol. The van der Waals surface area contributed by atoms with Crippen LogP contribution in [0.2, 0.25) is 0 Å². The molecular weight excluding hydrogens is 258 g/mol. The Morgan fingerprint density at radius 1 is 1.53 bits per heavy atom. The lowest BCUT2D eigenvalue weighted by Gasteiger charge is -2.07. The van der Waals surface area contributed by atoms with Crippen molar-refractivity contribution >= 4 is 15.9 Å². The van der Waals surface area contributed by atoms with Gasteiger partial charge in [0.05, 0.1) is 12.0 Å². The van der Waals surface area contributed by atoms with Crippen LogP contribution in [0.15, 0.2) is 15.6 Å². The zero-order valence-corrected chi connectivity index (χ0v) is 10.7. The van der Waals surface area contributed by atoms with Gasteiger partial charge >= 0.3 is 0 Å². The summed E-state index contributed by atoms with van der Waals surface area (Å²) in [6, 6.07) is 0. The van der Waals surface area contributed by atoms with Gasteiger partial charge in [0.1, 0.15) is 4.47 Å². The van der Waals surface area contributed by atoms with Crippen LogP contribution in [-0.4, -0.2) is 22.6 Å². The predicted molar refractivity (Wildman–Crippen MR) is 64.1 cm³/mol. The minimum atomic E-state index is -0.0131. The maximum atomic E-state index is 11.7. The van der Waals surface area contributed by atoms with Gasteiger partial charge in [-0.2, -0.15) is 0 Å². The van der Waals surface area contributed by atoms with Gasteiger partial charge in [0.2, 0.25) is 0 Å². The Morgan fingerprint density at radius 3 is 2.93 bits per heavy atom. The second-order valence-electron chi connectivity index (χ2n) is 3.39. The first-order chi connectivity index (χ1) is 7.16. The first-order valence-corrected chi connectivity index (χ1v) is 5.88. The lowest BCUT2D eigenvalue weighted by Crippen LogP contribution is -2.28. The molecule has 4 nitrogen and oxygen atoms in total. The standard InChI is InChI=1S/C10H16BrN3O/c1-3-4-12-5-6-14-7-13-8(2)9(11)10(14)15/h7,12H,3-6H2,1-2H3. The molecule has 1 N–H and O–H groups in total. The first-order valence-electron chi connectivity index (χ1n) is 5.09. The topological polar surface area (TPSA) is 46.9 Å². The molecule has 0 aliphatic heterocycles. The molecule has 0 aromatic carbocycles. The van der Waals surface area contributed by atoms with Crippen molar-refractivity contribution in [2.75, 3.05) is 13.1 Å². The average Bonchev–Trinajstić information content (AvgIpc) is 2.24. The van der Waals surface area contributed by atoms with Gasteiger partial charge in [-0.1, -0.05) is 6.92 Å². The van der Waals surface area contributed by atoms with Gasteiger partial charge in [-0.3, -0.25) is 9.36 Å². The van der Waals surface area contributed by atoms with Crippen LogP contribution in [0, 0.1) is 6.92 Å². The summed E-state index contributed by atoms with van der Waals surface area (Å²) in [4.78, 5) is 15.8. The van der Waals surface area contributed by atoms with Crippen molar-refractivity contribution in [1.82, 2.24) is 14.9 Å². The van der Waals surface area contributed by atoms with E-state index in [-0.39, 0.29) is 5.56 Å². The molecule has 0 saturated carbocycles. The number of halogens is 1. The minimum Gasteiger partial charge on any atom is -0.315 e. The Labute approximate surface area is 97.8 Å². The van der Waals surface area contributed by atoms with E-state index in [9.17, 15) is 4.79 Å². The van der Waals surface area contributed by atoms with Crippen molar-refractivity contribution in [3.8, 4) is 0 Å². The molecule has 5 heteroatoms. The minimum absolute atomic E-state index is 0.0131. The van der Waals surface area contributed by atoms with Crippen LogP contribution < -0.4 is 10.9 Å². The number of hydrogen-bond acceptors (Lipinski definition) is 3. The molecule has 1 heterocycles. The highest BCUT2D eigenvalue weighted by Crippen LogP contribution is 2.05. The number of aromatic nitrogens is 2. The van der Waals surface area contributed by atoms with E-state index in [0.717, 1.165) is 25.2 Å². The fourth-order valence-electron chi connectivity index (χ4n) is 1.21. The third kappa shape index (κ3) is 3.43. The zero-order chi connectivity index (χ0) is 11.3. The molecule has 1 aromatic rings. The smallest absolute Gasteiger partial charge is 0.267 e. The third-order valence-corrected chi connectivity index (χ3v) is 3.03. The van der Waals surface area contributed by atoms with Crippen LogP contribution in [0.25, 0.3) is 0 Å². The molecule has 0 aliphatic rings. The molecule has 0 unspecified atom stereocenters. The van der Waals surface area contributed by atoms with Gasteiger partial charge in [-0.15, -0.1) is 0 Å². The number of hydrogen-bond donors (Lipinski definition) is 1. The molecular formula is C10H16BrN3O. The summed E-state index contributed by atoms with van der Waals surface area (Å²) in [7, 11) is 0. The highest BCUT2D eigenvalue weighted by Gasteiger charge is 2.04. The molecule has 1 aromatic heterocycles. The maximum absolute atomic E-state index is 11.7. The van der Waals surface area contributed by atoms with Crippen molar-refractivity contribution in [3.63, 3.8) is 0 Å². The molecule has 84 valence electrons.